The number of benzene rings is 1. The lowest BCUT2D eigenvalue weighted by Crippen LogP contribution is -2.43. The molecular weight excluding hydrogens is 324 g/mol. The predicted molar refractivity (Wildman–Crippen MR) is 93.0 cm³/mol. The molecule has 6 heteroatoms. The van der Waals surface area contributed by atoms with Crippen LogP contribution in [-0.2, 0) is 9.53 Å². The number of carbonyl (C=O) groups excluding carboxylic acids is 2. The summed E-state index contributed by atoms with van der Waals surface area (Å²) in [5.41, 5.74) is 1.08. The second kappa shape index (κ2) is 8.08. The van der Waals surface area contributed by atoms with E-state index >= 15 is 0 Å². The highest BCUT2D eigenvalue weighted by atomic mass is 32.1. The lowest BCUT2D eigenvalue weighted by atomic mass is 10.1. The molecule has 2 aromatic rings. The third kappa shape index (κ3) is 4.21. The van der Waals surface area contributed by atoms with E-state index in [0.717, 1.165) is 5.56 Å². The lowest BCUT2D eigenvalue weighted by molar-refractivity contribution is -0.138. The van der Waals surface area contributed by atoms with Gasteiger partial charge in [0.1, 0.15) is 6.10 Å². The summed E-state index contributed by atoms with van der Waals surface area (Å²) in [6.45, 7) is 2.04. The molecule has 126 valence electrons. The number of ether oxygens (including phenoxy) is 1. The molecule has 1 atom stereocenters. The van der Waals surface area contributed by atoms with Gasteiger partial charge in [-0.2, -0.15) is 0 Å². The quantitative estimate of drug-likeness (QED) is 0.906. The van der Waals surface area contributed by atoms with Crippen molar-refractivity contribution in [2.45, 2.75) is 12.5 Å². The minimum Gasteiger partial charge on any atom is -0.370 e. The Balaban J connectivity index is 1.47. The molecule has 3 rings (SSSR count). The van der Waals surface area contributed by atoms with E-state index < -0.39 is 0 Å². The number of rotatable bonds is 5. The van der Waals surface area contributed by atoms with E-state index in [1.54, 1.807) is 6.07 Å². The summed E-state index contributed by atoms with van der Waals surface area (Å²) in [6, 6.07) is 13.5. The van der Waals surface area contributed by atoms with E-state index in [1.165, 1.54) is 11.3 Å². The van der Waals surface area contributed by atoms with Gasteiger partial charge in [0.25, 0.3) is 5.91 Å². The summed E-state index contributed by atoms with van der Waals surface area (Å²) in [6.07, 6.45) is 0.225. The van der Waals surface area contributed by atoms with E-state index in [0.29, 0.717) is 37.5 Å². The number of nitrogens with one attached hydrogen (secondary N) is 1. The fraction of sp³-hybridized carbons (Fsp3) is 0.333. The van der Waals surface area contributed by atoms with Crippen LogP contribution in [-0.4, -0.2) is 43.0 Å². The van der Waals surface area contributed by atoms with Gasteiger partial charge in [-0.05, 0) is 17.0 Å². The maximum atomic E-state index is 12.4. The molecule has 2 heterocycles. The van der Waals surface area contributed by atoms with Crippen molar-refractivity contribution < 1.29 is 14.3 Å². The van der Waals surface area contributed by atoms with Gasteiger partial charge in [-0.15, -0.1) is 11.3 Å². The number of morpholine rings is 1. The predicted octanol–water partition coefficient (Wildman–Crippen LogP) is 2.47. The van der Waals surface area contributed by atoms with E-state index in [-0.39, 0.29) is 17.9 Å². The fourth-order valence-corrected chi connectivity index (χ4v) is 3.32. The van der Waals surface area contributed by atoms with Crippen molar-refractivity contribution in [3.8, 4) is 0 Å². The summed E-state index contributed by atoms with van der Waals surface area (Å²) in [5.74, 6) is -0.0762. The van der Waals surface area contributed by atoms with Crippen molar-refractivity contribution in [3.63, 3.8) is 0 Å². The van der Waals surface area contributed by atoms with Crippen LogP contribution >= 0.6 is 11.3 Å². The number of nitrogens with zero attached hydrogens (tertiary/aromatic N) is 1. The topological polar surface area (TPSA) is 58.6 Å². The van der Waals surface area contributed by atoms with Crippen LogP contribution in [0.4, 0.5) is 0 Å². The molecule has 1 aliphatic heterocycles. The van der Waals surface area contributed by atoms with Crippen LogP contribution < -0.4 is 5.32 Å². The zero-order valence-corrected chi connectivity index (χ0v) is 14.1. The highest BCUT2D eigenvalue weighted by molar-refractivity contribution is 7.12. The van der Waals surface area contributed by atoms with Gasteiger partial charge >= 0.3 is 0 Å². The molecule has 1 aliphatic rings. The number of hydrogen-bond acceptors (Lipinski definition) is 4. The highest BCUT2D eigenvalue weighted by Crippen LogP contribution is 2.22. The van der Waals surface area contributed by atoms with Gasteiger partial charge in [-0.25, -0.2) is 0 Å². The van der Waals surface area contributed by atoms with Crippen molar-refractivity contribution in [2.75, 3.05) is 26.2 Å². The van der Waals surface area contributed by atoms with Crippen LogP contribution in [0.1, 0.15) is 27.8 Å². The monoisotopic (exact) mass is 344 g/mol. The Hall–Kier alpha value is -2.18. The molecule has 0 bridgehead atoms. The molecule has 1 saturated heterocycles. The number of carbonyl (C=O) groups is 2. The lowest BCUT2D eigenvalue weighted by Gasteiger charge is -2.33. The summed E-state index contributed by atoms with van der Waals surface area (Å²) in [5, 5.41) is 4.65. The summed E-state index contributed by atoms with van der Waals surface area (Å²) in [7, 11) is 0. The van der Waals surface area contributed by atoms with Gasteiger partial charge in [0.15, 0.2) is 0 Å². The zero-order chi connectivity index (χ0) is 16.8. The van der Waals surface area contributed by atoms with Crippen molar-refractivity contribution in [3.05, 3.63) is 58.3 Å². The van der Waals surface area contributed by atoms with Gasteiger partial charge < -0.3 is 15.0 Å². The van der Waals surface area contributed by atoms with Crippen LogP contribution in [0.2, 0.25) is 0 Å². The molecule has 1 aromatic heterocycles. The first kappa shape index (κ1) is 16.7. The fourth-order valence-electron chi connectivity index (χ4n) is 2.68. The van der Waals surface area contributed by atoms with Gasteiger partial charge in [-0.1, -0.05) is 36.4 Å². The Kier molecular flexibility index (Phi) is 5.61. The minimum atomic E-state index is -0.123. The van der Waals surface area contributed by atoms with E-state index in [1.807, 2.05) is 46.7 Å². The molecule has 5 nitrogen and oxygen atoms in total. The standard InChI is InChI=1S/C18H20N2O3S/c21-17(8-9-19-18(22)16-7-4-12-24-16)20-10-11-23-15(13-20)14-5-2-1-3-6-14/h1-7,12,15H,8-11,13H2,(H,19,22). The molecule has 2 amide bonds. The first-order valence-corrected chi connectivity index (χ1v) is 8.88. The Morgan fingerprint density at radius 3 is 2.79 bits per heavy atom. The van der Waals surface area contributed by atoms with Gasteiger partial charge in [-0.3, -0.25) is 9.59 Å². The van der Waals surface area contributed by atoms with E-state index in [9.17, 15) is 9.59 Å². The first-order valence-electron chi connectivity index (χ1n) is 8.00. The maximum Gasteiger partial charge on any atom is 0.261 e. The number of thiophene rings is 1. The molecule has 1 fully saturated rings. The number of hydrogen-bond donors (Lipinski definition) is 1. The van der Waals surface area contributed by atoms with Crippen LogP contribution in [0.3, 0.4) is 0 Å². The molecule has 0 aliphatic carbocycles. The molecular formula is C18H20N2O3S. The third-order valence-corrected chi connectivity index (χ3v) is 4.83. The summed E-state index contributed by atoms with van der Waals surface area (Å²) >= 11 is 1.39. The normalized spacial score (nSPS) is 17.5. The Labute approximate surface area is 145 Å². The SMILES string of the molecule is O=C(NCCC(=O)N1CCOC(c2ccccc2)C1)c1cccs1. The van der Waals surface area contributed by atoms with Gasteiger partial charge in [0.05, 0.1) is 18.0 Å². The Morgan fingerprint density at radius 2 is 2.04 bits per heavy atom. The van der Waals surface area contributed by atoms with Crippen molar-refractivity contribution in [2.24, 2.45) is 0 Å². The maximum absolute atomic E-state index is 12.4. The van der Waals surface area contributed by atoms with Crippen LogP contribution in [0.25, 0.3) is 0 Å². The Morgan fingerprint density at radius 1 is 1.21 bits per heavy atom. The summed E-state index contributed by atoms with van der Waals surface area (Å²) < 4.78 is 5.77. The van der Waals surface area contributed by atoms with Crippen molar-refractivity contribution in [1.82, 2.24) is 10.2 Å². The van der Waals surface area contributed by atoms with Crippen molar-refractivity contribution in [1.29, 1.82) is 0 Å². The van der Waals surface area contributed by atoms with Gasteiger partial charge in [0.2, 0.25) is 5.91 Å². The zero-order valence-electron chi connectivity index (χ0n) is 13.3. The molecule has 24 heavy (non-hydrogen) atoms. The molecule has 0 radical (unpaired) electrons. The second-order valence-corrected chi connectivity index (χ2v) is 6.54. The molecule has 0 saturated carbocycles. The van der Waals surface area contributed by atoms with Crippen LogP contribution in [0, 0.1) is 0 Å². The minimum absolute atomic E-state index is 0.0470. The summed E-state index contributed by atoms with van der Waals surface area (Å²) in [4.78, 5) is 26.7. The molecule has 1 unspecified atom stereocenters. The third-order valence-electron chi connectivity index (χ3n) is 3.96. The smallest absolute Gasteiger partial charge is 0.261 e. The average molecular weight is 344 g/mol. The highest BCUT2D eigenvalue weighted by Gasteiger charge is 2.25. The van der Waals surface area contributed by atoms with Crippen molar-refractivity contribution >= 4 is 23.2 Å². The Bertz CT molecular complexity index is 673. The largest absolute Gasteiger partial charge is 0.370 e. The van der Waals surface area contributed by atoms with E-state index in [2.05, 4.69) is 5.32 Å². The first-order chi connectivity index (χ1) is 11.7. The van der Waals surface area contributed by atoms with E-state index in [4.69, 9.17) is 4.74 Å². The van der Waals surface area contributed by atoms with Crippen LogP contribution in [0.15, 0.2) is 47.8 Å². The average Bonchev–Trinajstić information content (AvgIpc) is 3.17. The van der Waals surface area contributed by atoms with Crippen LogP contribution in [0.5, 0.6) is 0 Å². The molecule has 1 N–H and O–H groups in total. The molecule has 0 spiro atoms. The molecule has 1 aromatic carbocycles. The number of amides is 2. The second-order valence-electron chi connectivity index (χ2n) is 5.59. The van der Waals surface area contributed by atoms with Gasteiger partial charge in [0, 0.05) is 19.5 Å².